The van der Waals surface area contributed by atoms with Crippen molar-refractivity contribution in [2.45, 2.75) is 32.1 Å². The zero-order valence-corrected chi connectivity index (χ0v) is 21.0. The van der Waals surface area contributed by atoms with E-state index >= 15 is 0 Å². The number of unbranched alkanes of at least 4 members (excludes halogenated alkanes) is 1. The monoisotopic (exact) mass is 502 g/mol. The highest BCUT2D eigenvalue weighted by atomic mass is 32.1. The fourth-order valence-corrected chi connectivity index (χ4v) is 5.03. The van der Waals surface area contributed by atoms with Crippen molar-refractivity contribution in [2.75, 3.05) is 53.0 Å². The number of carboxylic acid groups (broad SMARTS) is 1. The average Bonchev–Trinajstić information content (AvgIpc) is 3.30. The van der Waals surface area contributed by atoms with Crippen molar-refractivity contribution in [1.82, 2.24) is 20.1 Å². The first kappa shape index (κ1) is 26.8. The van der Waals surface area contributed by atoms with Crippen LogP contribution >= 0.6 is 11.3 Å². The van der Waals surface area contributed by atoms with Crippen LogP contribution in [0.2, 0.25) is 0 Å². The van der Waals surface area contributed by atoms with Crippen LogP contribution in [0.5, 0.6) is 0 Å². The van der Waals surface area contributed by atoms with Crippen molar-refractivity contribution in [3.05, 3.63) is 40.2 Å². The van der Waals surface area contributed by atoms with E-state index in [9.17, 15) is 14.4 Å². The van der Waals surface area contributed by atoms with E-state index in [2.05, 4.69) is 15.2 Å². The summed E-state index contributed by atoms with van der Waals surface area (Å²) in [6, 6.07) is 9.79. The van der Waals surface area contributed by atoms with Crippen LogP contribution in [0, 0.1) is 0 Å². The molecule has 3 rings (SSSR count). The number of nitrogens with one attached hydrogen (secondary N) is 1. The van der Waals surface area contributed by atoms with Crippen molar-refractivity contribution >= 4 is 29.1 Å². The second-order valence-electron chi connectivity index (χ2n) is 8.51. The summed E-state index contributed by atoms with van der Waals surface area (Å²) in [5.41, 5.74) is 1.77. The third kappa shape index (κ3) is 8.41. The molecule has 0 saturated carbocycles. The molecule has 10 heteroatoms. The van der Waals surface area contributed by atoms with Crippen LogP contribution in [0.1, 0.15) is 40.4 Å². The number of hydrogen-bond donors (Lipinski definition) is 2. The first-order chi connectivity index (χ1) is 17.0. The molecule has 0 spiro atoms. The number of piperazine rings is 1. The number of rotatable bonds is 13. The van der Waals surface area contributed by atoms with Crippen LogP contribution in [-0.4, -0.2) is 90.7 Å². The maximum atomic E-state index is 12.8. The number of aromatic nitrogens is 1. The Morgan fingerprint density at radius 1 is 1.09 bits per heavy atom. The summed E-state index contributed by atoms with van der Waals surface area (Å²) in [7, 11) is 1.67. The first-order valence-corrected chi connectivity index (χ1v) is 12.8. The Bertz CT molecular complexity index is 973. The molecule has 1 aliphatic rings. The summed E-state index contributed by atoms with van der Waals surface area (Å²) in [5, 5.41) is 11.8. The van der Waals surface area contributed by atoms with E-state index in [4.69, 9.17) is 9.84 Å². The van der Waals surface area contributed by atoms with Crippen molar-refractivity contribution < 1.29 is 24.2 Å². The zero-order valence-electron chi connectivity index (χ0n) is 20.2. The number of carboxylic acids is 1. The molecule has 1 fully saturated rings. The number of hydrogen-bond acceptors (Lipinski definition) is 7. The third-order valence-corrected chi connectivity index (χ3v) is 7.05. The molecule has 0 aliphatic carbocycles. The Kier molecular flexibility index (Phi) is 10.6. The van der Waals surface area contributed by atoms with E-state index in [1.54, 1.807) is 12.0 Å². The number of benzene rings is 1. The molecule has 2 N–H and O–H groups in total. The van der Waals surface area contributed by atoms with Gasteiger partial charge in [0.15, 0.2) is 5.01 Å². The predicted octanol–water partition coefficient (Wildman–Crippen LogP) is 2.52. The van der Waals surface area contributed by atoms with Crippen LogP contribution in [0.4, 0.5) is 0 Å². The van der Waals surface area contributed by atoms with Crippen LogP contribution in [0.15, 0.2) is 30.3 Å². The maximum absolute atomic E-state index is 12.8. The number of methoxy groups -OCH3 is 1. The molecule has 9 nitrogen and oxygen atoms in total. The fourth-order valence-electron chi connectivity index (χ4n) is 3.99. The first-order valence-electron chi connectivity index (χ1n) is 12.0. The van der Waals surface area contributed by atoms with Gasteiger partial charge in [-0.1, -0.05) is 30.3 Å². The lowest BCUT2D eigenvalue weighted by Gasteiger charge is -2.34. The molecule has 1 aromatic carbocycles. The summed E-state index contributed by atoms with van der Waals surface area (Å²) in [6.07, 6.45) is 3.30. The van der Waals surface area contributed by atoms with Crippen LogP contribution < -0.4 is 5.32 Å². The Morgan fingerprint density at radius 3 is 2.51 bits per heavy atom. The van der Waals surface area contributed by atoms with E-state index in [-0.39, 0.29) is 24.8 Å². The SMILES string of the molecule is COCCCc1sc(C(=O)NCC(=O)N2CCN(CCCCC(=O)O)CC2)nc1-c1ccccc1. The molecule has 2 aromatic rings. The van der Waals surface area contributed by atoms with E-state index < -0.39 is 5.97 Å². The van der Waals surface area contributed by atoms with Crippen molar-refractivity contribution in [3.8, 4) is 11.3 Å². The minimum Gasteiger partial charge on any atom is -0.481 e. The van der Waals surface area contributed by atoms with Gasteiger partial charge in [0.1, 0.15) is 0 Å². The number of aliphatic carboxylic acids is 1. The van der Waals surface area contributed by atoms with E-state index in [0.717, 1.165) is 55.0 Å². The molecule has 2 heterocycles. The normalized spacial score (nSPS) is 14.1. The summed E-state index contributed by atoms with van der Waals surface area (Å²) in [6.45, 7) is 4.13. The standard InChI is InChI=1S/C25H34N4O5S/c1-34-17-7-10-20-23(19-8-3-2-4-9-19)27-25(35-20)24(33)26-18-21(30)29-15-13-28(14-16-29)12-6-5-11-22(31)32/h2-4,8-9H,5-7,10-18H2,1H3,(H,26,33)(H,31,32). The highest BCUT2D eigenvalue weighted by Crippen LogP contribution is 2.29. The third-order valence-electron chi connectivity index (χ3n) is 5.93. The van der Waals surface area contributed by atoms with Gasteiger partial charge in [0.25, 0.3) is 5.91 Å². The number of nitrogens with zero attached hydrogens (tertiary/aromatic N) is 3. The van der Waals surface area contributed by atoms with Gasteiger partial charge >= 0.3 is 5.97 Å². The second-order valence-corrected chi connectivity index (χ2v) is 9.59. The lowest BCUT2D eigenvalue weighted by Crippen LogP contribution is -2.51. The van der Waals surface area contributed by atoms with E-state index in [1.807, 2.05) is 30.3 Å². The van der Waals surface area contributed by atoms with Crippen LogP contribution in [-0.2, 0) is 20.7 Å². The van der Waals surface area contributed by atoms with Gasteiger partial charge in [-0.2, -0.15) is 0 Å². The summed E-state index contributed by atoms with van der Waals surface area (Å²) >= 11 is 1.36. The summed E-state index contributed by atoms with van der Waals surface area (Å²) < 4.78 is 5.16. The molecule has 1 aliphatic heterocycles. The number of aryl methyl sites for hydroxylation is 1. The van der Waals surface area contributed by atoms with Gasteiger partial charge in [0.2, 0.25) is 5.91 Å². The van der Waals surface area contributed by atoms with Crippen LogP contribution in [0.25, 0.3) is 11.3 Å². The molecule has 0 atom stereocenters. The number of ether oxygens (including phenoxy) is 1. The Balaban J connectivity index is 1.49. The quantitative estimate of drug-likeness (QED) is 0.405. The lowest BCUT2D eigenvalue weighted by atomic mass is 10.1. The van der Waals surface area contributed by atoms with E-state index in [0.29, 0.717) is 31.1 Å². The minimum absolute atomic E-state index is 0.0588. The van der Waals surface area contributed by atoms with Gasteiger partial charge in [-0.15, -0.1) is 11.3 Å². The lowest BCUT2D eigenvalue weighted by molar-refractivity contribution is -0.137. The average molecular weight is 503 g/mol. The fraction of sp³-hybridized carbons (Fsp3) is 0.520. The smallest absolute Gasteiger partial charge is 0.303 e. The number of carbonyl (C=O) groups is 3. The molecule has 2 amide bonds. The zero-order chi connectivity index (χ0) is 25.0. The maximum Gasteiger partial charge on any atom is 0.303 e. The molecular formula is C25H34N4O5S. The molecule has 0 radical (unpaired) electrons. The topological polar surface area (TPSA) is 112 Å². The molecule has 1 aromatic heterocycles. The molecule has 35 heavy (non-hydrogen) atoms. The van der Waals surface area contributed by atoms with Gasteiger partial charge in [-0.25, -0.2) is 4.98 Å². The highest BCUT2D eigenvalue weighted by molar-refractivity contribution is 7.14. The largest absolute Gasteiger partial charge is 0.481 e. The predicted molar refractivity (Wildman–Crippen MR) is 135 cm³/mol. The summed E-state index contributed by atoms with van der Waals surface area (Å²) in [4.78, 5) is 45.7. The molecular weight excluding hydrogens is 468 g/mol. The van der Waals surface area contributed by atoms with Gasteiger partial charge in [-0.05, 0) is 32.2 Å². The molecule has 1 saturated heterocycles. The number of amides is 2. The highest BCUT2D eigenvalue weighted by Gasteiger charge is 2.23. The molecule has 0 unspecified atom stereocenters. The summed E-state index contributed by atoms with van der Waals surface area (Å²) in [5.74, 6) is -1.21. The van der Waals surface area contributed by atoms with Gasteiger partial charge in [-0.3, -0.25) is 19.3 Å². The number of carbonyl (C=O) groups excluding carboxylic acids is 2. The molecule has 0 bridgehead atoms. The molecule has 190 valence electrons. The second kappa shape index (κ2) is 13.9. The van der Waals surface area contributed by atoms with E-state index in [1.165, 1.54) is 11.3 Å². The Morgan fingerprint density at radius 2 is 1.83 bits per heavy atom. The Hall–Kier alpha value is -2.82. The number of thiazole rings is 1. The Labute approximate surface area is 210 Å². The van der Waals surface area contributed by atoms with Crippen molar-refractivity contribution in [3.63, 3.8) is 0 Å². The van der Waals surface area contributed by atoms with Crippen molar-refractivity contribution in [2.24, 2.45) is 0 Å². The van der Waals surface area contributed by atoms with Gasteiger partial charge < -0.3 is 20.1 Å². The van der Waals surface area contributed by atoms with Gasteiger partial charge in [0, 0.05) is 56.8 Å². The van der Waals surface area contributed by atoms with Gasteiger partial charge in [0.05, 0.1) is 12.2 Å². The van der Waals surface area contributed by atoms with Crippen molar-refractivity contribution in [1.29, 1.82) is 0 Å². The van der Waals surface area contributed by atoms with Crippen LogP contribution in [0.3, 0.4) is 0 Å². The minimum atomic E-state index is -0.765.